The summed E-state index contributed by atoms with van der Waals surface area (Å²) in [5, 5.41) is 0. The van der Waals surface area contributed by atoms with Crippen molar-refractivity contribution in [2.24, 2.45) is 0 Å². The van der Waals surface area contributed by atoms with Crippen molar-refractivity contribution in [1.82, 2.24) is 4.98 Å². The van der Waals surface area contributed by atoms with Crippen LogP contribution in [-0.4, -0.2) is 19.2 Å². The van der Waals surface area contributed by atoms with Gasteiger partial charge in [0.05, 0.1) is 11.4 Å². The molecule has 0 aliphatic heterocycles. The van der Waals surface area contributed by atoms with Crippen molar-refractivity contribution in [2.75, 3.05) is 16.2 Å². The zero-order chi connectivity index (χ0) is 15.5. The van der Waals surface area contributed by atoms with Gasteiger partial charge < -0.3 is 5.73 Å². The average molecular weight is 313 g/mol. The molecule has 0 atom stereocenters. The molecule has 21 heavy (non-hydrogen) atoms. The van der Waals surface area contributed by atoms with E-state index in [1.807, 2.05) is 4.72 Å². The lowest BCUT2D eigenvalue weighted by atomic mass is 10.2. The molecule has 1 heterocycles. The molecule has 3 N–H and O–H groups in total. The Kier molecular flexibility index (Phi) is 4.37. The van der Waals surface area contributed by atoms with Crippen LogP contribution in [0.2, 0.25) is 0 Å². The van der Waals surface area contributed by atoms with Gasteiger partial charge in [0.2, 0.25) is 10.0 Å². The predicted octanol–water partition coefficient (Wildman–Crippen LogP) is 1.93. The van der Waals surface area contributed by atoms with Gasteiger partial charge in [0.15, 0.2) is 11.6 Å². The first-order valence-electron chi connectivity index (χ1n) is 6.02. The molecule has 0 saturated carbocycles. The highest BCUT2D eigenvalue weighted by atomic mass is 32.2. The van der Waals surface area contributed by atoms with Crippen molar-refractivity contribution in [3.8, 4) is 0 Å². The van der Waals surface area contributed by atoms with Gasteiger partial charge in [-0.15, -0.1) is 0 Å². The van der Waals surface area contributed by atoms with Gasteiger partial charge in [-0.05, 0) is 36.2 Å². The number of hydrogen-bond acceptors (Lipinski definition) is 4. The van der Waals surface area contributed by atoms with E-state index in [9.17, 15) is 17.2 Å². The van der Waals surface area contributed by atoms with Gasteiger partial charge in [-0.1, -0.05) is 0 Å². The van der Waals surface area contributed by atoms with Gasteiger partial charge in [0.25, 0.3) is 0 Å². The molecule has 0 radical (unpaired) electrons. The lowest BCUT2D eigenvalue weighted by molar-refractivity contribution is 0.512. The van der Waals surface area contributed by atoms with E-state index >= 15 is 0 Å². The first kappa shape index (κ1) is 15.2. The van der Waals surface area contributed by atoms with Crippen molar-refractivity contribution in [3.63, 3.8) is 0 Å². The fraction of sp³-hybridized carbons (Fsp3) is 0.154. The van der Waals surface area contributed by atoms with Crippen LogP contribution < -0.4 is 10.5 Å². The molecule has 112 valence electrons. The molecule has 0 aliphatic rings. The van der Waals surface area contributed by atoms with Crippen LogP contribution in [0.15, 0.2) is 36.7 Å². The van der Waals surface area contributed by atoms with Crippen LogP contribution in [0.4, 0.5) is 20.2 Å². The third kappa shape index (κ3) is 3.88. The summed E-state index contributed by atoms with van der Waals surface area (Å²) in [6.07, 6.45) is 3.30. The van der Waals surface area contributed by atoms with Gasteiger partial charge in [-0.25, -0.2) is 17.2 Å². The second-order valence-electron chi connectivity index (χ2n) is 4.35. The first-order valence-corrected chi connectivity index (χ1v) is 7.67. The number of sulfonamides is 1. The quantitative estimate of drug-likeness (QED) is 0.826. The molecule has 0 bridgehead atoms. The molecule has 1 aromatic carbocycles. The lowest BCUT2D eigenvalue weighted by Crippen LogP contribution is -2.20. The topological polar surface area (TPSA) is 85.1 Å². The number of hydrogen-bond donors (Lipinski definition) is 2. The highest BCUT2D eigenvalue weighted by molar-refractivity contribution is 7.92. The summed E-state index contributed by atoms with van der Waals surface area (Å²) in [6.45, 7) is 0. The van der Waals surface area contributed by atoms with Crippen LogP contribution in [0.5, 0.6) is 0 Å². The van der Waals surface area contributed by atoms with Crippen LogP contribution in [-0.2, 0) is 16.4 Å². The number of aryl methyl sites for hydroxylation is 1. The molecule has 2 aromatic rings. The Morgan fingerprint density at radius 3 is 2.48 bits per heavy atom. The van der Waals surface area contributed by atoms with Crippen LogP contribution >= 0.6 is 0 Å². The Morgan fingerprint density at radius 1 is 1.14 bits per heavy atom. The van der Waals surface area contributed by atoms with E-state index in [-0.39, 0.29) is 17.9 Å². The minimum atomic E-state index is -3.85. The van der Waals surface area contributed by atoms with Gasteiger partial charge in [0.1, 0.15) is 5.69 Å². The molecule has 0 spiro atoms. The maximum atomic E-state index is 13.6. The number of anilines is 2. The van der Waals surface area contributed by atoms with E-state index in [0.29, 0.717) is 0 Å². The molecule has 0 amide bonds. The van der Waals surface area contributed by atoms with E-state index in [1.54, 1.807) is 24.5 Å². The normalized spacial score (nSPS) is 11.3. The van der Waals surface area contributed by atoms with Gasteiger partial charge in [-0.2, -0.15) is 0 Å². The smallest absolute Gasteiger partial charge is 0.233 e. The molecule has 0 fully saturated rings. The van der Waals surface area contributed by atoms with Crippen molar-refractivity contribution < 1.29 is 17.2 Å². The average Bonchev–Trinajstić information content (AvgIpc) is 2.47. The molecule has 8 heteroatoms. The first-order chi connectivity index (χ1) is 9.89. The molecule has 1 aromatic heterocycles. The molecular weight excluding hydrogens is 300 g/mol. The van der Waals surface area contributed by atoms with E-state index < -0.39 is 27.3 Å². The van der Waals surface area contributed by atoms with Gasteiger partial charge >= 0.3 is 0 Å². The second-order valence-corrected chi connectivity index (χ2v) is 6.19. The van der Waals surface area contributed by atoms with Crippen LogP contribution in [0.3, 0.4) is 0 Å². The Hall–Kier alpha value is -2.22. The van der Waals surface area contributed by atoms with Crippen molar-refractivity contribution in [3.05, 3.63) is 53.9 Å². The second kappa shape index (κ2) is 6.04. The van der Waals surface area contributed by atoms with Gasteiger partial charge in [-0.3, -0.25) is 9.71 Å². The summed E-state index contributed by atoms with van der Waals surface area (Å²) in [4.78, 5) is 3.82. The Morgan fingerprint density at radius 2 is 1.81 bits per heavy atom. The van der Waals surface area contributed by atoms with E-state index in [2.05, 4.69) is 4.98 Å². The fourth-order valence-corrected chi connectivity index (χ4v) is 2.80. The Labute approximate surface area is 120 Å². The summed E-state index contributed by atoms with van der Waals surface area (Å²) in [5.41, 5.74) is 5.49. The fourth-order valence-electron chi connectivity index (χ4n) is 1.68. The van der Waals surface area contributed by atoms with Crippen molar-refractivity contribution in [1.29, 1.82) is 0 Å². The van der Waals surface area contributed by atoms with Gasteiger partial charge in [0, 0.05) is 12.4 Å². The van der Waals surface area contributed by atoms with Crippen LogP contribution in [0, 0.1) is 11.6 Å². The summed E-state index contributed by atoms with van der Waals surface area (Å²) in [7, 11) is -3.85. The zero-order valence-electron chi connectivity index (χ0n) is 10.9. The summed E-state index contributed by atoms with van der Waals surface area (Å²) in [5.74, 6) is -2.77. The molecular formula is C13H13F2N3O2S. The van der Waals surface area contributed by atoms with Crippen molar-refractivity contribution in [2.45, 2.75) is 6.42 Å². The minimum absolute atomic E-state index is 0.179. The predicted molar refractivity (Wildman–Crippen MR) is 76.1 cm³/mol. The van der Waals surface area contributed by atoms with Crippen LogP contribution in [0.1, 0.15) is 5.56 Å². The monoisotopic (exact) mass is 313 g/mol. The highest BCUT2D eigenvalue weighted by Crippen LogP contribution is 2.25. The van der Waals surface area contributed by atoms with E-state index in [1.165, 1.54) is 0 Å². The van der Waals surface area contributed by atoms with Crippen molar-refractivity contribution >= 4 is 21.4 Å². The molecule has 2 rings (SSSR count). The van der Waals surface area contributed by atoms with E-state index in [0.717, 1.165) is 17.7 Å². The molecule has 0 unspecified atom stereocenters. The number of nitrogen functional groups attached to an aromatic ring is 1. The van der Waals surface area contributed by atoms with E-state index in [4.69, 9.17) is 5.73 Å². The zero-order valence-corrected chi connectivity index (χ0v) is 11.7. The number of nitrogens with two attached hydrogens (primary N) is 1. The SMILES string of the molecule is Nc1ccc(F)c(F)c1NS(=O)(=O)CCc1ccncc1. The molecule has 0 aliphatic carbocycles. The Balaban J connectivity index is 2.13. The minimum Gasteiger partial charge on any atom is -0.397 e. The number of pyridine rings is 1. The Bertz CT molecular complexity index is 737. The summed E-state index contributed by atoms with van der Waals surface area (Å²) in [6, 6.07) is 5.28. The molecule has 0 saturated heterocycles. The number of benzene rings is 1. The largest absolute Gasteiger partial charge is 0.397 e. The number of aromatic nitrogens is 1. The summed E-state index contributed by atoms with van der Waals surface area (Å²) < 4.78 is 52.5. The maximum absolute atomic E-state index is 13.6. The number of nitrogens with zero attached hydrogens (tertiary/aromatic N) is 1. The lowest BCUT2D eigenvalue weighted by Gasteiger charge is -2.11. The number of nitrogens with one attached hydrogen (secondary N) is 1. The maximum Gasteiger partial charge on any atom is 0.233 e. The third-order valence-electron chi connectivity index (χ3n) is 2.79. The standard InChI is InChI=1S/C13H13F2N3O2S/c14-10-1-2-11(16)13(12(10)15)18-21(19,20)8-5-9-3-6-17-7-4-9/h1-4,6-7,18H,5,8,16H2. The summed E-state index contributed by atoms with van der Waals surface area (Å²) >= 11 is 0. The third-order valence-corrected chi connectivity index (χ3v) is 4.05. The highest BCUT2D eigenvalue weighted by Gasteiger charge is 2.18. The number of halogens is 2. The molecule has 5 nitrogen and oxygen atoms in total. The number of rotatable bonds is 5. The van der Waals surface area contributed by atoms with Crippen LogP contribution in [0.25, 0.3) is 0 Å².